The number of aryl methyl sites for hydroxylation is 1. The fourth-order valence-electron chi connectivity index (χ4n) is 2.49. The predicted molar refractivity (Wildman–Crippen MR) is 95.3 cm³/mol. The molecular weight excluding hydrogens is 348 g/mol. The topological polar surface area (TPSA) is 29.9 Å². The third-order valence-corrected chi connectivity index (χ3v) is 4.43. The van der Waals surface area contributed by atoms with E-state index < -0.39 is 0 Å². The van der Waals surface area contributed by atoms with E-state index in [9.17, 15) is 4.39 Å². The van der Waals surface area contributed by atoms with Crippen molar-refractivity contribution in [3.8, 4) is 5.69 Å². The molecule has 0 aliphatic heterocycles. The van der Waals surface area contributed by atoms with Crippen molar-refractivity contribution in [1.29, 1.82) is 0 Å². The molecule has 0 spiro atoms. The molecule has 2 aromatic carbocycles. The first-order valence-corrected chi connectivity index (χ1v) is 8.26. The van der Waals surface area contributed by atoms with Crippen LogP contribution in [0.2, 0.25) is 10.2 Å². The lowest BCUT2D eigenvalue weighted by Gasteiger charge is -2.07. The van der Waals surface area contributed by atoms with Crippen molar-refractivity contribution in [1.82, 2.24) is 15.1 Å². The van der Waals surface area contributed by atoms with E-state index in [2.05, 4.69) is 10.4 Å². The Labute approximate surface area is 150 Å². The Kier molecular flexibility index (Phi) is 5.19. The van der Waals surface area contributed by atoms with Crippen LogP contribution in [0.5, 0.6) is 0 Å². The molecule has 24 heavy (non-hydrogen) atoms. The third kappa shape index (κ3) is 3.61. The number of halogens is 3. The number of hydrogen-bond donors (Lipinski definition) is 1. The van der Waals surface area contributed by atoms with Gasteiger partial charge in [-0.25, -0.2) is 9.07 Å². The fourth-order valence-corrected chi connectivity index (χ4v) is 3.04. The van der Waals surface area contributed by atoms with Crippen LogP contribution in [0.15, 0.2) is 48.5 Å². The normalized spacial score (nSPS) is 11.0. The summed E-state index contributed by atoms with van der Waals surface area (Å²) in [5, 5.41) is 8.86. The Morgan fingerprint density at radius 1 is 1.08 bits per heavy atom. The van der Waals surface area contributed by atoms with Crippen LogP contribution in [0.25, 0.3) is 5.69 Å². The second-order valence-electron chi connectivity index (χ2n) is 5.45. The molecular formula is C18H16Cl2FN3. The Bertz CT molecular complexity index is 861. The molecule has 0 aliphatic carbocycles. The van der Waals surface area contributed by atoms with Gasteiger partial charge in [0.2, 0.25) is 0 Å². The minimum absolute atomic E-state index is 0.241. The molecule has 6 heteroatoms. The highest BCUT2D eigenvalue weighted by Gasteiger charge is 2.15. The number of hydrogen-bond acceptors (Lipinski definition) is 2. The maximum Gasteiger partial charge on any atom is 0.137 e. The van der Waals surface area contributed by atoms with Gasteiger partial charge in [0.05, 0.1) is 16.4 Å². The molecule has 0 amide bonds. The molecule has 3 aromatic rings. The van der Waals surface area contributed by atoms with Gasteiger partial charge in [0.15, 0.2) is 0 Å². The van der Waals surface area contributed by atoms with Crippen LogP contribution in [-0.4, -0.2) is 9.78 Å². The molecule has 0 saturated carbocycles. The summed E-state index contributed by atoms with van der Waals surface area (Å²) in [7, 11) is 0. The van der Waals surface area contributed by atoms with E-state index in [4.69, 9.17) is 23.2 Å². The lowest BCUT2D eigenvalue weighted by molar-refractivity contribution is 0.620. The van der Waals surface area contributed by atoms with Crippen LogP contribution in [0, 0.1) is 12.7 Å². The van der Waals surface area contributed by atoms with Crippen LogP contribution < -0.4 is 5.32 Å². The molecule has 124 valence electrons. The Balaban J connectivity index is 1.76. The zero-order valence-electron chi connectivity index (χ0n) is 13.1. The first-order valence-electron chi connectivity index (χ1n) is 7.50. The molecule has 0 bridgehead atoms. The quantitative estimate of drug-likeness (QED) is 0.697. The molecule has 0 fully saturated rings. The van der Waals surface area contributed by atoms with Crippen molar-refractivity contribution < 1.29 is 4.39 Å². The fraction of sp³-hybridized carbons (Fsp3) is 0.167. The van der Waals surface area contributed by atoms with Crippen LogP contribution in [-0.2, 0) is 13.1 Å². The number of benzene rings is 2. The monoisotopic (exact) mass is 363 g/mol. The third-order valence-electron chi connectivity index (χ3n) is 3.72. The van der Waals surface area contributed by atoms with Gasteiger partial charge in [-0.3, -0.25) is 0 Å². The smallest absolute Gasteiger partial charge is 0.137 e. The predicted octanol–water partition coefficient (Wildman–Crippen LogP) is 4.92. The minimum atomic E-state index is -0.241. The maximum atomic E-state index is 13.2. The molecule has 0 radical (unpaired) electrons. The van der Waals surface area contributed by atoms with E-state index in [0.717, 1.165) is 22.5 Å². The van der Waals surface area contributed by atoms with Gasteiger partial charge in [-0.05, 0) is 36.8 Å². The van der Waals surface area contributed by atoms with Crippen LogP contribution in [0.1, 0.15) is 16.8 Å². The first kappa shape index (κ1) is 17.0. The van der Waals surface area contributed by atoms with E-state index in [1.807, 2.05) is 31.2 Å². The van der Waals surface area contributed by atoms with Gasteiger partial charge in [-0.2, -0.15) is 5.10 Å². The first-order chi connectivity index (χ1) is 11.6. The average Bonchev–Trinajstić information content (AvgIpc) is 2.83. The van der Waals surface area contributed by atoms with Crippen LogP contribution in [0.3, 0.4) is 0 Å². The highest BCUT2D eigenvalue weighted by Crippen LogP contribution is 2.27. The number of para-hydroxylation sites is 1. The summed E-state index contributed by atoms with van der Waals surface area (Å²) < 4.78 is 14.8. The largest absolute Gasteiger partial charge is 0.308 e. The molecule has 1 aromatic heterocycles. The van der Waals surface area contributed by atoms with Crippen molar-refractivity contribution in [2.24, 2.45) is 0 Å². The van der Waals surface area contributed by atoms with E-state index in [1.54, 1.807) is 16.8 Å². The summed E-state index contributed by atoms with van der Waals surface area (Å²) in [6, 6.07) is 13.9. The van der Waals surface area contributed by atoms with Gasteiger partial charge < -0.3 is 5.32 Å². The van der Waals surface area contributed by atoms with Gasteiger partial charge in [0.1, 0.15) is 11.0 Å². The van der Waals surface area contributed by atoms with Crippen LogP contribution in [0.4, 0.5) is 4.39 Å². The number of rotatable bonds is 5. The standard InChI is InChI=1S/C18H16Cl2FN3/c1-12-15(11-22-10-13-5-4-6-14(21)9-13)18(20)24(23-12)17-8-3-2-7-16(17)19/h2-9,22H,10-11H2,1H3. The summed E-state index contributed by atoms with van der Waals surface area (Å²) in [6.45, 7) is 2.98. The van der Waals surface area contributed by atoms with Gasteiger partial charge in [0.25, 0.3) is 0 Å². The highest BCUT2D eigenvalue weighted by atomic mass is 35.5. The number of aromatic nitrogens is 2. The molecule has 1 N–H and O–H groups in total. The van der Waals surface area contributed by atoms with Crippen molar-refractivity contribution >= 4 is 23.2 Å². The van der Waals surface area contributed by atoms with Crippen molar-refractivity contribution in [3.05, 3.63) is 81.3 Å². The van der Waals surface area contributed by atoms with Crippen molar-refractivity contribution in [2.75, 3.05) is 0 Å². The average molecular weight is 364 g/mol. The Hall–Kier alpha value is -1.88. The summed E-state index contributed by atoms with van der Waals surface area (Å²) in [5.41, 5.74) is 3.34. The molecule has 0 atom stereocenters. The Morgan fingerprint density at radius 2 is 1.88 bits per heavy atom. The van der Waals surface area contributed by atoms with E-state index in [1.165, 1.54) is 12.1 Å². The van der Waals surface area contributed by atoms with E-state index >= 15 is 0 Å². The lowest BCUT2D eigenvalue weighted by atomic mass is 10.2. The van der Waals surface area contributed by atoms with Crippen molar-refractivity contribution in [3.63, 3.8) is 0 Å². The van der Waals surface area contributed by atoms with Gasteiger partial charge in [0, 0.05) is 18.7 Å². The maximum absolute atomic E-state index is 13.2. The second-order valence-corrected chi connectivity index (χ2v) is 6.22. The zero-order valence-corrected chi connectivity index (χ0v) is 14.6. The zero-order chi connectivity index (χ0) is 17.1. The SMILES string of the molecule is Cc1nn(-c2ccccc2Cl)c(Cl)c1CNCc1cccc(F)c1. The summed E-state index contributed by atoms with van der Waals surface area (Å²) >= 11 is 12.7. The number of nitrogens with one attached hydrogen (secondary N) is 1. The molecule has 3 nitrogen and oxygen atoms in total. The van der Waals surface area contributed by atoms with Gasteiger partial charge in [-0.15, -0.1) is 0 Å². The second kappa shape index (κ2) is 7.34. The minimum Gasteiger partial charge on any atom is -0.308 e. The van der Waals surface area contributed by atoms with Crippen LogP contribution >= 0.6 is 23.2 Å². The van der Waals surface area contributed by atoms with E-state index in [-0.39, 0.29) is 5.82 Å². The number of nitrogens with zero attached hydrogens (tertiary/aromatic N) is 2. The Morgan fingerprint density at radius 3 is 2.62 bits per heavy atom. The summed E-state index contributed by atoms with van der Waals surface area (Å²) in [5.74, 6) is -0.241. The van der Waals surface area contributed by atoms with Crippen molar-refractivity contribution in [2.45, 2.75) is 20.0 Å². The lowest BCUT2D eigenvalue weighted by Crippen LogP contribution is -2.13. The molecule has 0 saturated heterocycles. The molecule has 3 rings (SSSR count). The molecule has 0 aliphatic rings. The summed E-state index contributed by atoms with van der Waals surface area (Å²) in [6.07, 6.45) is 0. The molecule has 0 unspecified atom stereocenters. The van der Waals surface area contributed by atoms with Gasteiger partial charge >= 0.3 is 0 Å². The van der Waals surface area contributed by atoms with E-state index in [0.29, 0.717) is 23.3 Å². The summed E-state index contributed by atoms with van der Waals surface area (Å²) in [4.78, 5) is 0. The van der Waals surface area contributed by atoms with Gasteiger partial charge in [-0.1, -0.05) is 47.5 Å². The molecule has 1 heterocycles. The highest BCUT2D eigenvalue weighted by molar-refractivity contribution is 6.33.